The Morgan fingerprint density at radius 1 is 1.12 bits per heavy atom. The summed E-state index contributed by atoms with van der Waals surface area (Å²) in [4.78, 5) is 25.4. The van der Waals surface area contributed by atoms with Crippen LogP contribution in [-0.4, -0.2) is 36.4 Å². The topological polar surface area (TPSA) is 110 Å². The van der Waals surface area contributed by atoms with Gasteiger partial charge in [0, 0.05) is 26.3 Å². The highest BCUT2D eigenvalue weighted by Gasteiger charge is 2.32. The number of thiocarbonyl (C=S) groups is 1. The molecule has 0 aromatic heterocycles. The predicted molar refractivity (Wildman–Crippen MR) is 174 cm³/mol. The van der Waals surface area contributed by atoms with Gasteiger partial charge in [-0.05, 0) is 62.0 Å². The molecular formula is C30H27BrCl2N4O5S. The van der Waals surface area contributed by atoms with Crippen molar-refractivity contribution < 1.29 is 23.8 Å². The zero-order chi connectivity index (χ0) is 30.9. The van der Waals surface area contributed by atoms with E-state index in [1.807, 2.05) is 24.3 Å². The van der Waals surface area contributed by atoms with Crippen molar-refractivity contribution in [3.8, 4) is 11.5 Å². The molecule has 1 aliphatic heterocycles. The van der Waals surface area contributed by atoms with Crippen LogP contribution in [0.2, 0.25) is 10.0 Å². The predicted octanol–water partition coefficient (Wildman–Crippen LogP) is 6.22. The van der Waals surface area contributed by atoms with Crippen LogP contribution in [0.25, 0.3) is 0 Å². The van der Waals surface area contributed by atoms with E-state index in [2.05, 4.69) is 37.1 Å². The van der Waals surface area contributed by atoms with Gasteiger partial charge in [0.15, 0.2) is 11.7 Å². The van der Waals surface area contributed by atoms with Gasteiger partial charge in [0.2, 0.25) is 0 Å². The molecule has 0 aliphatic carbocycles. The lowest BCUT2D eigenvalue weighted by atomic mass is 9.95. The van der Waals surface area contributed by atoms with Crippen LogP contribution in [0.5, 0.6) is 11.5 Å². The second-order valence-electron chi connectivity index (χ2n) is 9.13. The number of carbonyl (C=O) groups is 2. The van der Waals surface area contributed by atoms with Crippen molar-refractivity contribution in [1.82, 2.24) is 16.1 Å². The number of carbonyl (C=O) groups excluding carboxylic acids is 2. The Bertz CT molecular complexity index is 1580. The fraction of sp³-hybridized carbons (Fsp3) is 0.200. The first-order chi connectivity index (χ1) is 20.7. The number of nitrogens with zero attached hydrogens (tertiary/aromatic N) is 1. The lowest BCUT2D eigenvalue weighted by Gasteiger charge is -2.30. The second kappa shape index (κ2) is 15.2. The molecule has 1 amide bonds. The van der Waals surface area contributed by atoms with Crippen LogP contribution in [0.4, 0.5) is 0 Å². The molecule has 0 saturated heterocycles. The van der Waals surface area contributed by atoms with Gasteiger partial charge in [0.1, 0.15) is 18.1 Å². The van der Waals surface area contributed by atoms with Gasteiger partial charge < -0.3 is 24.8 Å². The molecule has 0 fully saturated rings. The molecule has 1 atom stereocenters. The van der Waals surface area contributed by atoms with Gasteiger partial charge in [-0.2, -0.15) is 5.10 Å². The Hall–Kier alpha value is -3.64. The van der Waals surface area contributed by atoms with E-state index in [1.165, 1.54) is 6.21 Å². The van der Waals surface area contributed by atoms with Crippen molar-refractivity contribution in [2.45, 2.75) is 26.5 Å². The summed E-state index contributed by atoms with van der Waals surface area (Å²) in [5.74, 6) is -0.271. The number of benzene rings is 3. The van der Waals surface area contributed by atoms with Crippen molar-refractivity contribution in [2.24, 2.45) is 5.10 Å². The van der Waals surface area contributed by atoms with E-state index in [0.29, 0.717) is 49.1 Å². The maximum absolute atomic E-state index is 12.8. The summed E-state index contributed by atoms with van der Waals surface area (Å²) >= 11 is 21.3. The number of esters is 1. The van der Waals surface area contributed by atoms with Crippen LogP contribution in [0, 0.1) is 0 Å². The van der Waals surface area contributed by atoms with E-state index in [-0.39, 0.29) is 19.8 Å². The lowest BCUT2D eigenvalue weighted by molar-refractivity contribution is -0.139. The molecular weight excluding hydrogens is 679 g/mol. The summed E-state index contributed by atoms with van der Waals surface area (Å²) in [5.41, 5.74) is 5.37. The average Bonchev–Trinajstić information content (AvgIpc) is 2.96. The van der Waals surface area contributed by atoms with Crippen LogP contribution < -0.4 is 25.5 Å². The Kier molecular flexibility index (Phi) is 11.4. The largest absolute Gasteiger partial charge is 0.487 e. The lowest BCUT2D eigenvalue weighted by Crippen LogP contribution is -2.45. The van der Waals surface area contributed by atoms with Gasteiger partial charge in [0.05, 0.1) is 29.5 Å². The van der Waals surface area contributed by atoms with E-state index in [1.54, 1.807) is 50.2 Å². The quantitative estimate of drug-likeness (QED) is 0.0934. The molecule has 3 aromatic rings. The number of ether oxygens (including phenoxy) is 3. The number of hydrazone groups is 1. The molecule has 0 spiro atoms. The summed E-state index contributed by atoms with van der Waals surface area (Å²) in [6, 6.07) is 17.2. The highest BCUT2D eigenvalue weighted by Crippen LogP contribution is 2.34. The number of rotatable bonds is 11. The minimum absolute atomic E-state index is 0.214. The Morgan fingerprint density at radius 3 is 2.60 bits per heavy atom. The smallest absolute Gasteiger partial charge is 0.338 e. The number of hydrogen-bond donors (Lipinski definition) is 3. The second-order valence-corrected chi connectivity index (χ2v) is 11.3. The van der Waals surface area contributed by atoms with Gasteiger partial charge in [0.25, 0.3) is 5.91 Å². The molecule has 0 unspecified atom stereocenters. The molecule has 1 aliphatic rings. The number of nitrogens with one attached hydrogen (secondary N) is 3. The van der Waals surface area contributed by atoms with Gasteiger partial charge >= 0.3 is 5.97 Å². The molecule has 43 heavy (non-hydrogen) atoms. The molecule has 0 saturated carbocycles. The van der Waals surface area contributed by atoms with Crippen LogP contribution in [0.3, 0.4) is 0 Å². The highest BCUT2D eigenvalue weighted by atomic mass is 79.9. The Labute approximate surface area is 272 Å². The van der Waals surface area contributed by atoms with Crippen LogP contribution in [0.1, 0.15) is 36.6 Å². The first-order valence-electron chi connectivity index (χ1n) is 13.0. The van der Waals surface area contributed by atoms with Crippen molar-refractivity contribution in [1.29, 1.82) is 0 Å². The Morgan fingerprint density at radius 2 is 1.86 bits per heavy atom. The zero-order valence-corrected chi connectivity index (χ0v) is 27.0. The van der Waals surface area contributed by atoms with Gasteiger partial charge in [-0.1, -0.05) is 69.5 Å². The third-order valence-electron chi connectivity index (χ3n) is 6.08. The molecule has 3 N–H and O–H groups in total. The number of para-hydroxylation sites is 1. The minimum Gasteiger partial charge on any atom is -0.487 e. The van der Waals surface area contributed by atoms with E-state index >= 15 is 0 Å². The summed E-state index contributed by atoms with van der Waals surface area (Å²) in [6.45, 7) is 3.59. The number of allylic oxidation sites excluding steroid dienone is 1. The van der Waals surface area contributed by atoms with Crippen molar-refractivity contribution >= 4 is 74.6 Å². The molecule has 4 rings (SSSR count). The van der Waals surface area contributed by atoms with Gasteiger partial charge in [-0.15, -0.1) is 0 Å². The van der Waals surface area contributed by atoms with Crippen LogP contribution in [0.15, 0.2) is 81.5 Å². The molecule has 0 radical (unpaired) electrons. The number of hydrogen-bond acceptors (Lipinski definition) is 7. The summed E-state index contributed by atoms with van der Waals surface area (Å²) in [6.07, 6.45) is 1.39. The van der Waals surface area contributed by atoms with Gasteiger partial charge in [-0.25, -0.2) is 10.2 Å². The third-order valence-corrected chi connectivity index (χ3v) is 7.33. The van der Waals surface area contributed by atoms with Gasteiger partial charge in [-0.3, -0.25) is 4.79 Å². The molecule has 1 heterocycles. The maximum atomic E-state index is 12.8. The fourth-order valence-corrected chi connectivity index (χ4v) is 5.27. The van der Waals surface area contributed by atoms with E-state index < -0.39 is 17.9 Å². The summed E-state index contributed by atoms with van der Waals surface area (Å²) in [7, 11) is 0. The van der Waals surface area contributed by atoms with E-state index in [0.717, 1.165) is 10.0 Å². The summed E-state index contributed by atoms with van der Waals surface area (Å²) in [5, 5.41) is 11.1. The molecule has 9 nitrogen and oxygen atoms in total. The number of halogens is 3. The number of amides is 1. The highest BCUT2D eigenvalue weighted by molar-refractivity contribution is 9.10. The summed E-state index contributed by atoms with van der Waals surface area (Å²) < 4.78 is 18.0. The van der Waals surface area contributed by atoms with Crippen LogP contribution in [-0.2, 0) is 20.9 Å². The van der Waals surface area contributed by atoms with E-state index in [9.17, 15) is 9.59 Å². The van der Waals surface area contributed by atoms with Crippen LogP contribution >= 0.6 is 51.3 Å². The third kappa shape index (κ3) is 8.70. The molecule has 13 heteroatoms. The molecule has 224 valence electrons. The molecule has 3 aromatic carbocycles. The Balaban J connectivity index is 1.43. The standard InChI is InChI=1S/C30H27BrCl2N4O5S/c1-3-40-29(39)26-17(2)35-30(43)36-27(26)22-6-4-5-7-24(22)41-16-25(38)37-34-14-19-12-21(32)13-23(33)28(19)42-15-18-8-10-20(31)11-9-18/h4-14,27H,3,15-16H2,1-2H3,(H,37,38)(H2,35,36,43)/t27-/m1/s1. The van der Waals surface area contributed by atoms with E-state index in [4.69, 9.17) is 49.6 Å². The SMILES string of the molecule is CCOC(=O)C1=C(C)NC(=S)N[C@@H]1c1ccccc1OCC(=O)NN=Cc1cc(Cl)cc(Cl)c1OCc1ccc(Br)cc1. The first-order valence-corrected chi connectivity index (χ1v) is 15.0. The minimum atomic E-state index is -0.645. The fourth-order valence-electron chi connectivity index (χ4n) is 4.17. The van der Waals surface area contributed by atoms with Crippen molar-refractivity contribution in [3.63, 3.8) is 0 Å². The monoisotopic (exact) mass is 704 g/mol. The average molecular weight is 706 g/mol. The van der Waals surface area contributed by atoms with Crippen molar-refractivity contribution in [3.05, 3.63) is 103 Å². The first kappa shape index (κ1) is 32.3. The maximum Gasteiger partial charge on any atom is 0.338 e. The normalized spacial score (nSPS) is 14.6. The molecule has 0 bridgehead atoms. The zero-order valence-electron chi connectivity index (χ0n) is 23.1. The van der Waals surface area contributed by atoms with Crippen molar-refractivity contribution in [2.75, 3.05) is 13.2 Å².